The number of carboxylic acid groups (broad SMARTS) is 1. The molecule has 1 aliphatic heterocycles. The summed E-state index contributed by atoms with van der Waals surface area (Å²) >= 11 is 5.91. The lowest BCUT2D eigenvalue weighted by Gasteiger charge is -2.37. The summed E-state index contributed by atoms with van der Waals surface area (Å²) in [5.41, 5.74) is 3.19. The Hall–Kier alpha value is -4.73. The highest BCUT2D eigenvalue weighted by atomic mass is 35.5. The number of hydrogen-bond acceptors (Lipinski definition) is 5. The van der Waals surface area contributed by atoms with E-state index in [-0.39, 0.29) is 24.7 Å². The average Bonchev–Trinajstić information content (AvgIpc) is 3.02. The Bertz CT molecular complexity index is 1760. The number of carbonyl (C=O) groups excluding carboxylic acids is 2. The number of imide groups is 1. The lowest BCUT2D eigenvalue weighted by atomic mass is 9.96. The van der Waals surface area contributed by atoms with Crippen LogP contribution in [0.5, 0.6) is 11.5 Å². The lowest BCUT2D eigenvalue weighted by Crippen LogP contribution is -2.63. The number of halogens is 2. The Kier molecular flexibility index (Phi) is 9.46. The molecular formula is C36H35ClFN2O6+. The fourth-order valence-corrected chi connectivity index (χ4v) is 5.57. The van der Waals surface area contributed by atoms with Crippen LogP contribution in [0.3, 0.4) is 0 Å². The van der Waals surface area contributed by atoms with E-state index < -0.39 is 39.9 Å². The first kappa shape index (κ1) is 32.7. The predicted molar refractivity (Wildman–Crippen MR) is 172 cm³/mol. The molecule has 2 atom stereocenters. The number of benzene rings is 4. The molecular weight excluding hydrogens is 611 g/mol. The Labute approximate surface area is 271 Å². The maximum absolute atomic E-state index is 14.0. The molecule has 0 saturated heterocycles. The molecule has 0 aromatic heterocycles. The van der Waals surface area contributed by atoms with Crippen LogP contribution in [0.15, 0.2) is 91.0 Å². The number of hydrogen-bond donors (Lipinski definition) is 2. The summed E-state index contributed by atoms with van der Waals surface area (Å²) in [4.78, 5) is 40.1. The molecule has 1 heterocycles. The molecule has 0 saturated carbocycles. The maximum atomic E-state index is 14.0. The predicted octanol–water partition coefficient (Wildman–Crippen LogP) is 8.32. The smallest absolute Gasteiger partial charge is 0.481 e. The molecule has 238 valence electrons. The number of amides is 3. The third kappa shape index (κ3) is 7.38. The number of quaternary nitrogens is 1. The quantitative estimate of drug-likeness (QED) is 0.196. The van der Waals surface area contributed by atoms with Gasteiger partial charge in [0.1, 0.15) is 36.0 Å². The zero-order chi connectivity index (χ0) is 33.1. The van der Waals surface area contributed by atoms with E-state index in [9.17, 15) is 23.9 Å². The van der Waals surface area contributed by atoms with Crippen LogP contribution in [0.1, 0.15) is 43.4 Å². The standard InChI is InChI=1S/C36H34ClFN2O6/c1-36(2,3)46-35(44)40(18-17-25-13-14-28(19-27(25)22-40)45-29-15-16-32(38)31(37)20-29)34(43)39-21-30(33(41)42)26-11-9-24(10-12-26)23-7-5-4-6-8-23/h4-16,19-20,30H,17-18,21-22H2,1-3H3,(H-,39,41,42,43)/p+1. The van der Waals surface area contributed by atoms with Crippen LogP contribution < -0.4 is 10.1 Å². The van der Waals surface area contributed by atoms with Crippen LogP contribution in [0.25, 0.3) is 11.1 Å². The highest BCUT2D eigenvalue weighted by molar-refractivity contribution is 6.30. The first-order valence-electron chi connectivity index (χ1n) is 14.9. The summed E-state index contributed by atoms with van der Waals surface area (Å²) in [6.07, 6.45) is -0.361. The molecule has 8 nitrogen and oxygen atoms in total. The van der Waals surface area contributed by atoms with Gasteiger partial charge in [0, 0.05) is 24.6 Å². The number of ether oxygens (including phenoxy) is 2. The van der Waals surface area contributed by atoms with Crippen molar-refractivity contribution in [1.29, 1.82) is 0 Å². The SMILES string of the molecule is CC(C)(C)OC(=O)[N+]1(C(=O)NCC(C(=O)O)c2ccc(-c3ccccc3)cc2)CCc2ccc(Oc3ccc(F)c(Cl)c3)cc2C1. The third-order valence-electron chi connectivity index (χ3n) is 7.82. The zero-order valence-corrected chi connectivity index (χ0v) is 26.5. The van der Waals surface area contributed by atoms with Crippen molar-refractivity contribution in [3.63, 3.8) is 0 Å². The highest BCUT2D eigenvalue weighted by Crippen LogP contribution is 2.33. The van der Waals surface area contributed by atoms with Crippen molar-refractivity contribution in [2.24, 2.45) is 0 Å². The molecule has 0 radical (unpaired) electrons. The van der Waals surface area contributed by atoms with Gasteiger partial charge in [-0.2, -0.15) is 4.79 Å². The van der Waals surface area contributed by atoms with Crippen molar-refractivity contribution >= 4 is 29.7 Å². The average molecular weight is 646 g/mol. The van der Waals surface area contributed by atoms with Crippen molar-refractivity contribution in [1.82, 2.24) is 5.32 Å². The molecule has 10 heteroatoms. The first-order chi connectivity index (χ1) is 21.8. The van der Waals surface area contributed by atoms with E-state index in [0.717, 1.165) is 16.7 Å². The Morgan fingerprint density at radius 3 is 2.22 bits per heavy atom. The second-order valence-electron chi connectivity index (χ2n) is 12.3. The minimum atomic E-state index is -1.11. The van der Waals surface area contributed by atoms with Gasteiger partial charge in [0.05, 0.1) is 10.9 Å². The molecule has 0 fully saturated rings. The number of rotatable bonds is 7. The van der Waals surface area contributed by atoms with Crippen LogP contribution in [0.2, 0.25) is 5.02 Å². The number of carbonyl (C=O) groups is 3. The van der Waals surface area contributed by atoms with Crippen LogP contribution >= 0.6 is 11.6 Å². The fourth-order valence-electron chi connectivity index (χ4n) is 5.40. The van der Waals surface area contributed by atoms with Crippen molar-refractivity contribution in [2.45, 2.75) is 45.3 Å². The summed E-state index contributed by atoms with van der Waals surface area (Å²) in [6.45, 7) is 5.00. The number of fused-ring (bicyclic) bond motifs is 1. The minimum absolute atomic E-state index is 0.0407. The zero-order valence-electron chi connectivity index (χ0n) is 25.8. The minimum Gasteiger partial charge on any atom is -0.481 e. The van der Waals surface area contributed by atoms with Gasteiger partial charge in [0.2, 0.25) is 0 Å². The molecule has 2 N–H and O–H groups in total. The van der Waals surface area contributed by atoms with E-state index in [1.165, 1.54) is 18.2 Å². The van der Waals surface area contributed by atoms with Crippen LogP contribution in [-0.4, -0.2) is 46.4 Å². The molecule has 4 aromatic rings. The van der Waals surface area contributed by atoms with E-state index in [2.05, 4.69) is 5.32 Å². The van der Waals surface area contributed by atoms with Gasteiger partial charge in [-0.25, -0.2) is 9.18 Å². The monoisotopic (exact) mass is 645 g/mol. The third-order valence-corrected chi connectivity index (χ3v) is 8.10. The topological polar surface area (TPSA) is 102 Å². The van der Waals surface area contributed by atoms with Gasteiger partial charge in [-0.15, -0.1) is 4.48 Å². The molecule has 2 unspecified atom stereocenters. The second kappa shape index (κ2) is 13.3. The summed E-state index contributed by atoms with van der Waals surface area (Å²) in [7, 11) is 0. The van der Waals surface area contributed by atoms with E-state index in [0.29, 0.717) is 29.0 Å². The van der Waals surface area contributed by atoms with Gasteiger partial charge >= 0.3 is 18.1 Å². The number of nitrogens with zero attached hydrogens (tertiary/aromatic N) is 1. The number of carboxylic acids is 1. The lowest BCUT2D eigenvalue weighted by molar-refractivity contribution is -0.795. The normalized spacial score (nSPS) is 16.5. The molecule has 3 amide bonds. The first-order valence-corrected chi connectivity index (χ1v) is 15.2. The number of aliphatic carboxylic acids is 1. The molecule has 46 heavy (non-hydrogen) atoms. The van der Waals surface area contributed by atoms with Crippen molar-refractivity contribution in [2.75, 3.05) is 13.1 Å². The van der Waals surface area contributed by atoms with Crippen molar-refractivity contribution in [3.05, 3.63) is 119 Å². The maximum Gasteiger partial charge on any atom is 0.526 e. The summed E-state index contributed by atoms with van der Waals surface area (Å²) in [6, 6.07) is 25.6. The van der Waals surface area contributed by atoms with Gasteiger partial charge < -0.3 is 19.9 Å². The van der Waals surface area contributed by atoms with Crippen LogP contribution in [0, 0.1) is 5.82 Å². The van der Waals surface area contributed by atoms with Crippen molar-refractivity contribution < 1.29 is 37.8 Å². The number of nitrogens with one attached hydrogen (secondary N) is 1. The molecule has 4 aromatic carbocycles. The van der Waals surface area contributed by atoms with Gasteiger partial charge in [0.15, 0.2) is 0 Å². The molecule has 5 rings (SSSR count). The van der Waals surface area contributed by atoms with Gasteiger partial charge in [-0.3, -0.25) is 4.79 Å². The van der Waals surface area contributed by atoms with Gasteiger partial charge in [-0.05, 0) is 67.3 Å². The molecule has 0 bridgehead atoms. The van der Waals surface area contributed by atoms with Gasteiger partial charge in [0.25, 0.3) is 0 Å². The summed E-state index contributed by atoms with van der Waals surface area (Å²) < 4.78 is 24.6. The number of urea groups is 1. The Morgan fingerprint density at radius 1 is 0.913 bits per heavy atom. The van der Waals surface area contributed by atoms with E-state index in [4.69, 9.17) is 21.1 Å². The van der Waals surface area contributed by atoms with E-state index in [1.807, 2.05) is 48.5 Å². The Balaban J connectivity index is 1.38. The summed E-state index contributed by atoms with van der Waals surface area (Å²) in [5.74, 6) is -1.99. The molecule has 1 aliphatic rings. The fraction of sp³-hybridized carbons (Fsp3) is 0.250. The molecule has 0 aliphatic carbocycles. The van der Waals surface area contributed by atoms with Gasteiger partial charge in [-0.1, -0.05) is 72.3 Å². The molecule has 0 spiro atoms. The summed E-state index contributed by atoms with van der Waals surface area (Å²) in [5, 5.41) is 12.8. The van der Waals surface area contributed by atoms with E-state index in [1.54, 1.807) is 45.0 Å². The van der Waals surface area contributed by atoms with Crippen LogP contribution in [0.4, 0.5) is 14.0 Å². The second-order valence-corrected chi connectivity index (χ2v) is 12.7. The largest absolute Gasteiger partial charge is 0.526 e. The Morgan fingerprint density at radius 2 is 1.57 bits per heavy atom. The van der Waals surface area contributed by atoms with Crippen molar-refractivity contribution in [3.8, 4) is 22.6 Å². The van der Waals surface area contributed by atoms with Crippen LogP contribution in [-0.2, 0) is 22.5 Å². The highest BCUT2D eigenvalue weighted by Gasteiger charge is 2.50. The van der Waals surface area contributed by atoms with E-state index >= 15 is 0 Å².